The van der Waals surface area contributed by atoms with E-state index in [1.54, 1.807) is 0 Å². The maximum absolute atomic E-state index is 11.9. The van der Waals surface area contributed by atoms with E-state index in [2.05, 4.69) is 6.92 Å². The van der Waals surface area contributed by atoms with Gasteiger partial charge in [-0.3, -0.25) is 4.79 Å². The van der Waals surface area contributed by atoms with E-state index in [1.807, 2.05) is 24.3 Å². The molecule has 0 radical (unpaired) electrons. The first kappa shape index (κ1) is 13.2. The fourth-order valence-corrected chi connectivity index (χ4v) is 2.07. The third-order valence-electron chi connectivity index (χ3n) is 3.25. The lowest BCUT2D eigenvalue weighted by Gasteiger charge is -2.09. The molecule has 3 nitrogen and oxygen atoms in total. The van der Waals surface area contributed by atoms with Crippen molar-refractivity contribution in [2.75, 3.05) is 19.8 Å². The number of Topliss-reactive ketones (excluding diaryl/α,β-unsaturated/α-hetero) is 1. The molecule has 18 heavy (non-hydrogen) atoms. The van der Waals surface area contributed by atoms with Crippen LogP contribution in [0.2, 0.25) is 0 Å². The lowest BCUT2D eigenvalue weighted by Crippen LogP contribution is -2.18. The Labute approximate surface area is 108 Å². The molecular weight excluding hydrogens is 228 g/mol. The average Bonchev–Trinajstić information content (AvgIpc) is 2.92. The second kappa shape index (κ2) is 6.66. The first-order valence-electron chi connectivity index (χ1n) is 6.61. The molecule has 0 bridgehead atoms. The second-order valence-corrected chi connectivity index (χ2v) is 4.62. The molecule has 1 aliphatic rings. The standard InChI is InChI=1S/C15H20O3/c1-2-12-5-7-13(8-6-12)15(16)11-17-10-14-4-3-9-18-14/h5-8,14H,2-4,9-11H2,1H3. The lowest BCUT2D eigenvalue weighted by atomic mass is 10.1. The third kappa shape index (κ3) is 3.65. The van der Waals surface area contributed by atoms with Crippen molar-refractivity contribution in [1.29, 1.82) is 0 Å². The number of carbonyl (C=O) groups is 1. The van der Waals surface area contributed by atoms with Crippen LogP contribution in [0.4, 0.5) is 0 Å². The topological polar surface area (TPSA) is 35.5 Å². The molecule has 1 saturated heterocycles. The Hall–Kier alpha value is -1.19. The van der Waals surface area contributed by atoms with Crippen molar-refractivity contribution in [1.82, 2.24) is 0 Å². The van der Waals surface area contributed by atoms with Gasteiger partial charge in [-0.1, -0.05) is 31.2 Å². The summed E-state index contributed by atoms with van der Waals surface area (Å²) >= 11 is 0. The Balaban J connectivity index is 1.76. The van der Waals surface area contributed by atoms with E-state index in [0.29, 0.717) is 6.61 Å². The lowest BCUT2D eigenvalue weighted by molar-refractivity contribution is 0.0190. The number of ether oxygens (including phenoxy) is 2. The van der Waals surface area contributed by atoms with Crippen molar-refractivity contribution in [2.24, 2.45) is 0 Å². The highest BCUT2D eigenvalue weighted by atomic mass is 16.5. The molecule has 1 atom stereocenters. The zero-order valence-corrected chi connectivity index (χ0v) is 10.9. The first-order valence-corrected chi connectivity index (χ1v) is 6.61. The molecule has 98 valence electrons. The first-order chi connectivity index (χ1) is 8.79. The summed E-state index contributed by atoms with van der Waals surface area (Å²) in [6.45, 7) is 3.59. The second-order valence-electron chi connectivity index (χ2n) is 4.62. The molecule has 0 N–H and O–H groups in total. The molecule has 0 aromatic heterocycles. The predicted molar refractivity (Wildman–Crippen MR) is 69.9 cm³/mol. The Morgan fingerprint density at radius 3 is 2.78 bits per heavy atom. The molecule has 0 amide bonds. The van der Waals surface area contributed by atoms with Gasteiger partial charge in [0.05, 0.1) is 12.7 Å². The predicted octanol–water partition coefficient (Wildman–Crippen LogP) is 2.63. The monoisotopic (exact) mass is 248 g/mol. The maximum atomic E-state index is 11.9. The molecule has 1 fully saturated rings. The number of rotatable bonds is 6. The Morgan fingerprint density at radius 1 is 1.39 bits per heavy atom. The van der Waals surface area contributed by atoms with Gasteiger partial charge in [0.25, 0.3) is 0 Å². The minimum absolute atomic E-state index is 0.0376. The number of hydrogen-bond donors (Lipinski definition) is 0. The summed E-state index contributed by atoms with van der Waals surface area (Å²) in [5, 5.41) is 0. The minimum atomic E-state index is 0.0376. The van der Waals surface area contributed by atoms with Crippen LogP contribution in [0.25, 0.3) is 0 Å². The van der Waals surface area contributed by atoms with Crippen molar-refractivity contribution in [2.45, 2.75) is 32.3 Å². The van der Waals surface area contributed by atoms with Crippen LogP contribution in [0.15, 0.2) is 24.3 Å². The number of aryl methyl sites for hydroxylation is 1. The third-order valence-corrected chi connectivity index (χ3v) is 3.25. The summed E-state index contributed by atoms with van der Waals surface area (Å²) in [5.74, 6) is 0.0376. The van der Waals surface area contributed by atoms with Crippen LogP contribution in [0.5, 0.6) is 0 Å². The molecule has 1 unspecified atom stereocenters. The minimum Gasteiger partial charge on any atom is -0.376 e. The highest BCUT2D eigenvalue weighted by Gasteiger charge is 2.16. The van der Waals surface area contributed by atoms with Gasteiger partial charge in [0.2, 0.25) is 0 Å². The molecule has 1 aromatic carbocycles. The Bertz CT molecular complexity index is 377. The van der Waals surface area contributed by atoms with Crippen LogP contribution in [-0.2, 0) is 15.9 Å². The molecule has 2 rings (SSSR count). The van der Waals surface area contributed by atoms with Gasteiger partial charge in [0, 0.05) is 12.2 Å². The van der Waals surface area contributed by atoms with E-state index in [4.69, 9.17) is 9.47 Å². The fraction of sp³-hybridized carbons (Fsp3) is 0.533. The summed E-state index contributed by atoms with van der Waals surface area (Å²) in [7, 11) is 0. The van der Waals surface area contributed by atoms with Crippen LogP contribution in [0, 0.1) is 0 Å². The molecule has 0 spiro atoms. The fourth-order valence-electron chi connectivity index (χ4n) is 2.07. The van der Waals surface area contributed by atoms with Gasteiger partial charge < -0.3 is 9.47 Å². The molecule has 0 aliphatic carbocycles. The number of benzene rings is 1. The van der Waals surface area contributed by atoms with Crippen LogP contribution in [0.1, 0.15) is 35.7 Å². The zero-order chi connectivity index (χ0) is 12.8. The molecule has 3 heteroatoms. The van der Waals surface area contributed by atoms with E-state index in [9.17, 15) is 4.79 Å². The SMILES string of the molecule is CCc1ccc(C(=O)COCC2CCCO2)cc1. The Morgan fingerprint density at radius 2 is 2.17 bits per heavy atom. The normalized spacial score (nSPS) is 19.1. The van der Waals surface area contributed by atoms with Crippen LogP contribution >= 0.6 is 0 Å². The van der Waals surface area contributed by atoms with E-state index in [1.165, 1.54) is 5.56 Å². The zero-order valence-electron chi connectivity index (χ0n) is 10.9. The smallest absolute Gasteiger partial charge is 0.188 e. The van der Waals surface area contributed by atoms with Gasteiger partial charge in [-0.05, 0) is 24.8 Å². The quantitative estimate of drug-likeness (QED) is 0.726. The molecular formula is C15H20O3. The number of hydrogen-bond acceptors (Lipinski definition) is 3. The van der Waals surface area contributed by atoms with Crippen LogP contribution in [-0.4, -0.2) is 31.7 Å². The van der Waals surface area contributed by atoms with Crippen LogP contribution in [0.3, 0.4) is 0 Å². The van der Waals surface area contributed by atoms with Gasteiger partial charge in [0.1, 0.15) is 6.61 Å². The summed E-state index contributed by atoms with van der Waals surface area (Å²) in [6.07, 6.45) is 3.31. The van der Waals surface area contributed by atoms with Gasteiger partial charge in [-0.15, -0.1) is 0 Å². The number of carbonyl (C=O) groups excluding carboxylic acids is 1. The van der Waals surface area contributed by atoms with E-state index < -0.39 is 0 Å². The number of ketones is 1. The summed E-state index contributed by atoms with van der Waals surface area (Å²) in [6, 6.07) is 7.73. The van der Waals surface area contributed by atoms with Crippen LogP contribution < -0.4 is 0 Å². The van der Waals surface area contributed by atoms with E-state index in [-0.39, 0.29) is 18.5 Å². The van der Waals surface area contributed by atoms with Gasteiger partial charge >= 0.3 is 0 Å². The Kier molecular flexibility index (Phi) is 4.90. The largest absolute Gasteiger partial charge is 0.376 e. The van der Waals surface area contributed by atoms with Crippen molar-refractivity contribution >= 4 is 5.78 Å². The van der Waals surface area contributed by atoms with E-state index in [0.717, 1.165) is 31.4 Å². The van der Waals surface area contributed by atoms with Crippen molar-refractivity contribution in [3.8, 4) is 0 Å². The highest BCUT2D eigenvalue weighted by Crippen LogP contribution is 2.12. The molecule has 1 heterocycles. The highest BCUT2D eigenvalue weighted by molar-refractivity contribution is 5.97. The van der Waals surface area contributed by atoms with Crippen molar-refractivity contribution in [3.63, 3.8) is 0 Å². The summed E-state index contributed by atoms with van der Waals surface area (Å²) < 4.78 is 10.9. The van der Waals surface area contributed by atoms with Gasteiger partial charge in [0.15, 0.2) is 5.78 Å². The summed E-state index contributed by atoms with van der Waals surface area (Å²) in [4.78, 5) is 11.9. The molecule has 1 aliphatic heterocycles. The van der Waals surface area contributed by atoms with Crippen molar-refractivity contribution < 1.29 is 14.3 Å². The van der Waals surface area contributed by atoms with Crippen molar-refractivity contribution in [3.05, 3.63) is 35.4 Å². The van der Waals surface area contributed by atoms with E-state index >= 15 is 0 Å². The summed E-state index contributed by atoms with van der Waals surface area (Å²) in [5.41, 5.74) is 1.96. The van der Waals surface area contributed by atoms with Gasteiger partial charge in [-0.25, -0.2) is 0 Å². The van der Waals surface area contributed by atoms with Gasteiger partial charge in [-0.2, -0.15) is 0 Å². The maximum Gasteiger partial charge on any atom is 0.188 e. The molecule has 1 aromatic rings. The molecule has 0 saturated carbocycles. The average molecular weight is 248 g/mol.